The molecule has 0 atom stereocenters. The number of anilines is 1. The summed E-state index contributed by atoms with van der Waals surface area (Å²) in [6.45, 7) is 0. The van der Waals surface area contributed by atoms with Gasteiger partial charge in [-0.25, -0.2) is 8.42 Å². The molecule has 0 saturated carbocycles. The molecule has 1 N–H and O–H groups in total. The van der Waals surface area contributed by atoms with Crippen molar-refractivity contribution < 1.29 is 13.3 Å². The lowest BCUT2D eigenvalue weighted by Crippen LogP contribution is -2.12. The van der Waals surface area contributed by atoms with Crippen molar-refractivity contribution >= 4 is 44.6 Å². The fourth-order valence-electron chi connectivity index (χ4n) is 1.54. The summed E-state index contributed by atoms with van der Waals surface area (Å²) in [5.41, 5.74) is -0.339. The molecule has 9 heteroatoms. The topological polar surface area (TPSA) is 89.3 Å². The molecule has 0 aliphatic rings. The van der Waals surface area contributed by atoms with Crippen LogP contribution >= 0.6 is 23.2 Å². The fourth-order valence-corrected chi connectivity index (χ4v) is 2.91. The maximum Gasteiger partial charge on any atom is 0.289 e. The maximum absolute atomic E-state index is 12.1. The van der Waals surface area contributed by atoms with Gasteiger partial charge in [-0.15, -0.1) is 0 Å². The molecular weight excluding hydrogens is 339 g/mol. The van der Waals surface area contributed by atoms with E-state index in [1.165, 1.54) is 36.4 Å². The van der Waals surface area contributed by atoms with E-state index in [0.29, 0.717) is 5.02 Å². The Bertz CT molecular complexity index is 791. The van der Waals surface area contributed by atoms with Crippen molar-refractivity contribution in [2.75, 3.05) is 4.72 Å². The quantitative estimate of drug-likeness (QED) is 0.674. The first kappa shape index (κ1) is 15.6. The minimum atomic E-state index is -3.86. The maximum atomic E-state index is 12.1. The Morgan fingerprint density at radius 1 is 1.05 bits per heavy atom. The number of rotatable bonds is 4. The molecule has 0 spiro atoms. The molecule has 2 aromatic carbocycles. The SMILES string of the molecule is O=[N+]([O-])c1cc(NS(=O)(=O)c2ccc(Cl)cc2)ccc1Cl. The Morgan fingerprint density at radius 3 is 2.24 bits per heavy atom. The third kappa shape index (κ3) is 3.63. The van der Waals surface area contributed by atoms with Crippen molar-refractivity contribution in [3.63, 3.8) is 0 Å². The predicted octanol–water partition coefficient (Wildman–Crippen LogP) is 3.70. The van der Waals surface area contributed by atoms with Gasteiger partial charge in [-0.2, -0.15) is 0 Å². The second-order valence-electron chi connectivity index (χ2n) is 3.98. The lowest BCUT2D eigenvalue weighted by molar-refractivity contribution is -0.384. The monoisotopic (exact) mass is 346 g/mol. The van der Waals surface area contributed by atoms with E-state index in [1.54, 1.807) is 0 Å². The lowest BCUT2D eigenvalue weighted by atomic mass is 10.3. The van der Waals surface area contributed by atoms with Crippen molar-refractivity contribution in [2.45, 2.75) is 4.90 Å². The van der Waals surface area contributed by atoms with Gasteiger partial charge >= 0.3 is 0 Å². The van der Waals surface area contributed by atoms with Gasteiger partial charge < -0.3 is 0 Å². The third-order valence-electron chi connectivity index (χ3n) is 2.52. The molecule has 6 nitrogen and oxygen atoms in total. The van der Waals surface area contributed by atoms with Crippen LogP contribution in [-0.4, -0.2) is 13.3 Å². The highest BCUT2D eigenvalue weighted by Gasteiger charge is 2.18. The van der Waals surface area contributed by atoms with Crippen LogP contribution in [0.5, 0.6) is 0 Å². The van der Waals surface area contributed by atoms with Gasteiger partial charge in [0.1, 0.15) is 5.02 Å². The average molecular weight is 347 g/mol. The van der Waals surface area contributed by atoms with Crippen LogP contribution in [0.4, 0.5) is 11.4 Å². The zero-order chi connectivity index (χ0) is 15.6. The van der Waals surface area contributed by atoms with Gasteiger partial charge in [0.25, 0.3) is 15.7 Å². The second kappa shape index (κ2) is 5.88. The summed E-state index contributed by atoms with van der Waals surface area (Å²) in [6, 6.07) is 9.16. The van der Waals surface area contributed by atoms with Crippen molar-refractivity contribution in [2.24, 2.45) is 0 Å². The Labute approximate surface area is 130 Å². The van der Waals surface area contributed by atoms with Gasteiger partial charge in [0.2, 0.25) is 0 Å². The first-order valence-corrected chi connectivity index (χ1v) is 7.76. The zero-order valence-electron chi connectivity index (χ0n) is 10.3. The summed E-state index contributed by atoms with van der Waals surface area (Å²) >= 11 is 11.4. The molecule has 2 aromatic rings. The van der Waals surface area contributed by atoms with Crippen molar-refractivity contribution in [3.05, 3.63) is 62.6 Å². The van der Waals surface area contributed by atoms with E-state index in [2.05, 4.69) is 4.72 Å². The predicted molar refractivity (Wildman–Crippen MR) is 80.4 cm³/mol. The minimum absolute atomic E-state index is 0.00972. The summed E-state index contributed by atoms with van der Waals surface area (Å²) in [5, 5.41) is 11.1. The number of nitrogens with zero attached hydrogens (tertiary/aromatic N) is 1. The van der Waals surface area contributed by atoms with Gasteiger partial charge in [-0.1, -0.05) is 23.2 Å². The Balaban J connectivity index is 2.35. The van der Waals surface area contributed by atoms with E-state index in [1.807, 2.05) is 0 Å². The molecule has 21 heavy (non-hydrogen) atoms. The third-order valence-corrected chi connectivity index (χ3v) is 4.49. The van der Waals surface area contributed by atoms with Crippen LogP contribution in [0.3, 0.4) is 0 Å². The van der Waals surface area contributed by atoms with Gasteiger partial charge in [-0.05, 0) is 36.4 Å². The first-order valence-electron chi connectivity index (χ1n) is 5.52. The molecule has 0 aromatic heterocycles. The smallest absolute Gasteiger partial charge is 0.279 e. The lowest BCUT2D eigenvalue weighted by Gasteiger charge is -2.08. The van der Waals surface area contributed by atoms with E-state index in [4.69, 9.17) is 23.2 Å². The fraction of sp³-hybridized carbons (Fsp3) is 0. The van der Waals surface area contributed by atoms with Gasteiger partial charge in [0.15, 0.2) is 0 Å². The molecule has 0 amide bonds. The first-order chi connectivity index (χ1) is 9.79. The van der Waals surface area contributed by atoms with E-state index >= 15 is 0 Å². The van der Waals surface area contributed by atoms with Gasteiger partial charge in [-0.3, -0.25) is 14.8 Å². The van der Waals surface area contributed by atoms with Crippen molar-refractivity contribution in [3.8, 4) is 0 Å². The van der Waals surface area contributed by atoms with Crippen LogP contribution in [0.25, 0.3) is 0 Å². The Hall–Kier alpha value is -1.83. The highest BCUT2D eigenvalue weighted by atomic mass is 35.5. The van der Waals surface area contributed by atoms with Crippen molar-refractivity contribution in [1.82, 2.24) is 0 Å². The van der Waals surface area contributed by atoms with Gasteiger partial charge in [0.05, 0.1) is 15.5 Å². The number of halogens is 2. The Morgan fingerprint density at radius 2 is 1.67 bits per heavy atom. The zero-order valence-corrected chi connectivity index (χ0v) is 12.6. The summed E-state index contributed by atoms with van der Waals surface area (Å²) in [4.78, 5) is 10.1. The molecule has 0 aliphatic heterocycles. The van der Waals surface area contributed by atoms with E-state index in [9.17, 15) is 18.5 Å². The number of hydrogen-bond acceptors (Lipinski definition) is 4. The number of benzene rings is 2. The van der Waals surface area contributed by atoms with Crippen LogP contribution in [0.2, 0.25) is 10.0 Å². The molecule has 110 valence electrons. The number of hydrogen-bond donors (Lipinski definition) is 1. The molecule has 2 rings (SSSR count). The molecule has 0 fully saturated rings. The van der Waals surface area contributed by atoms with E-state index < -0.39 is 14.9 Å². The largest absolute Gasteiger partial charge is 0.289 e. The number of sulfonamides is 1. The second-order valence-corrected chi connectivity index (χ2v) is 6.51. The van der Waals surface area contributed by atoms with E-state index in [-0.39, 0.29) is 21.3 Å². The van der Waals surface area contributed by atoms with Crippen molar-refractivity contribution in [1.29, 1.82) is 0 Å². The van der Waals surface area contributed by atoms with Crippen LogP contribution in [0.15, 0.2) is 47.4 Å². The highest BCUT2D eigenvalue weighted by Crippen LogP contribution is 2.28. The highest BCUT2D eigenvalue weighted by molar-refractivity contribution is 7.92. The summed E-state index contributed by atoms with van der Waals surface area (Å²) in [5.74, 6) is 0. The summed E-state index contributed by atoms with van der Waals surface area (Å²) in [7, 11) is -3.86. The molecule has 0 heterocycles. The minimum Gasteiger partial charge on any atom is -0.279 e. The molecule has 0 unspecified atom stereocenters. The van der Waals surface area contributed by atoms with E-state index in [0.717, 1.165) is 6.07 Å². The van der Waals surface area contributed by atoms with Gasteiger partial charge in [0, 0.05) is 11.1 Å². The normalized spacial score (nSPS) is 11.1. The molecular formula is C12H8Cl2N2O4S. The van der Waals surface area contributed by atoms with Crippen LogP contribution < -0.4 is 4.72 Å². The number of nitrogens with one attached hydrogen (secondary N) is 1. The molecule has 0 bridgehead atoms. The van der Waals surface area contributed by atoms with Crippen LogP contribution in [0.1, 0.15) is 0 Å². The van der Waals surface area contributed by atoms with Crippen LogP contribution in [-0.2, 0) is 10.0 Å². The summed E-state index contributed by atoms with van der Waals surface area (Å²) < 4.78 is 26.5. The number of nitro benzene ring substituents is 1. The standard InChI is InChI=1S/C12H8Cl2N2O4S/c13-8-1-4-10(5-2-8)21(19,20)15-9-3-6-11(14)12(7-9)16(17)18/h1-7,15H. The Kier molecular flexibility index (Phi) is 4.36. The molecule has 0 radical (unpaired) electrons. The number of nitro groups is 1. The summed E-state index contributed by atoms with van der Waals surface area (Å²) in [6.07, 6.45) is 0. The molecule has 0 saturated heterocycles. The average Bonchev–Trinajstić information content (AvgIpc) is 2.41. The van der Waals surface area contributed by atoms with Crippen LogP contribution in [0, 0.1) is 10.1 Å². The molecule has 0 aliphatic carbocycles.